The molecule has 4 N–H and O–H groups in total. The molecule has 0 radical (unpaired) electrons. The van der Waals surface area contributed by atoms with Crippen LogP contribution < -0.4 is 5.73 Å². The third kappa shape index (κ3) is 1.74. The zero-order valence-electron chi connectivity index (χ0n) is 9.93. The number of anilines is 1. The van der Waals surface area contributed by atoms with E-state index < -0.39 is 30.6 Å². The van der Waals surface area contributed by atoms with Gasteiger partial charge in [-0.15, -0.1) is 0 Å². The number of rotatable bonds is 1. The molecule has 1 aliphatic rings. The summed E-state index contributed by atoms with van der Waals surface area (Å²) >= 11 is 0. The van der Waals surface area contributed by atoms with Crippen LogP contribution in [0.1, 0.15) is 13.2 Å². The lowest BCUT2D eigenvalue weighted by Crippen LogP contribution is -2.30. The van der Waals surface area contributed by atoms with Gasteiger partial charge in [0, 0.05) is 0 Å². The number of imidazole rings is 1. The Morgan fingerprint density at radius 3 is 2.74 bits per heavy atom. The van der Waals surface area contributed by atoms with Gasteiger partial charge in [0.2, 0.25) is 0 Å². The predicted molar refractivity (Wildman–Crippen MR) is 61.3 cm³/mol. The highest BCUT2D eigenvalue weighted by atomic mass is 19.1. The van der Waals surface area contributed by atoms with Crippen molar-refractivity contribution in [2.75, 3.05) is 5.73 Å². The molecule has 0 saturated carbocycles. The van der Waals surface area contributed by atoms with Crippen molar-refractivity contribution in [1.29, 1.82) is 0 Å². The van der Waals surface area contributed by atoms with Crippen molar-refractivity contribution in [3.05, 3.63) is 12.4 Å². The number of nitrogen functional groups attached to an aromatic ring is 1. The summed E-state index contributed by atoms with van der Waals surface area (Å²) in [5.74, 6) is -0.0951. The van der Waals surface area contributed by atoms with Crippen LogP contribution in [0.15, 0.2) is 6.33 Å². The SMILES string of the molecule is C[C@H]1O[C@@H](n2cnc3c(N)nc(F)nc32)[C@@H](O)[C@@H]1O. The number of hydrogen-bond acceptors (Lipinski definition) is 7. The molecule has 8 nitrogen and oxygen atoms in total. The second kappa shape index (κ2) is 4.08. The summed E-state index contributed by atoms with van der Waals surface area (Å²) in [7, 11) is 0. The van der Waals surface area contributed by atoms with Gasteiger partial charge in [-0.1, -0.05) is 0 Å². The van der Waals surface area contributed by atoms with Crippen LogP contribution in [0, 0.1) is 6.08 Å². The summed E-state index contributed by atoms with van der Waals surface area (Å²) < 4.78 is 19.9. The topological polar surface area (TPSA) is 119 Å². The summed E-state index contributed by atoms with van der Waals surface area (Å²) in [6.07, 6.45) is -3.33. The van der Waals surface area contributed by atoms with Crippen LogP contribution in [-0.2, 0) is 4.74 Å². The van der Waals surface area contributed by atoms with Crippen molar-refractivity contribution >= 4 is 17.0 Å². The maximum absolute atomic E-state index is 13.2. The fraction of sp³-hybridized carbons (Fsp3) is 0.500. The molecule has 102 valence electrons. The maximum Gasteiger partial charge on any atom is 0.312 e. The molecule has 0 spiro atoms. The van der Waals surface area contributed by atoms with Gasteiger partial charge < -0.3 is 20.7 Å². The van der Waals surface area contributed by atoms with E-state index in [-0.39, 0.29) is 17.0 Å². The van der Waals surface area contributed by atoms with Gasteiger partial charge in [-0.05, 0) is 6.92 Å². The first-order valence-corrected chi connectivity index (χ1v) is 5.66. The minimum absolute atomic E-state index is 0.0951. The average molecular weight is 269 g/mol. The van der Waals surface area contributed by atoms with E-state index in [9.17, 15) is 14.6 Å². The molecular weight excluding hydrogens is 257 g/mol. The smallest absolute Gasteiger partial charge is 0.312 e. The van der Waals surface area contributed by atoms with Crippen LogP contribution in [0.2, 0.25) is 0 Å². The number of nitrogens with zero attached hydrogens (tertiary/aromatic N) is 4. The first-order chi connectivity index (χ1) is 8.99. The minimum atomic E-state index is -1.16. The molecule has 9 heteroatoms. The Hall–Kier alpha value is -1.84. The molecule has 2 aromatic rings. The molecule has 3 rings (SSSR count). The van der Waals surface area contributed by atoms with Crippen molar-refractivity contribution in [1.82, 2.24) is 19.5 Å². The lowest BCUT2D eigenvalue weighted by Gasteiger charge is -2.16. The minimum Gasteiger partial charge on any atom is -0.388 e. The molecule has 2 aromatic heterocycles. The number of halogens is 1. The molecule has 1 fully saturated rings. The summed E-state index contributed by atoms with van der Waals surface area (Å²) in [6, 6.07) is 0. The van der Waals surface area contributed by atoms with Crippen LogP contribution >= 0.6 is 0 Å². The van der Waals surface area contributed by atoms with E-state index in [1.54, 1.807) is 6.92 Å². The largest absolute Gasteiger partial charge is 0.388 e. The van der Waals surface area contributed by atoms with Gasteiger partial charge in [-0.2, -0.15) is 14.4 Å². The molecular formula is C10H12FN5O3. The molecule has 1 aliphatic heterocycles. The van der Waals surface area contributed by atoms with E-state index in [0.29, 0.717) is 0 Å². The first-order valence-electron chi connectivity index (χ1n) is 5.66. The number of ether oxygens (including phenoxy) is 1. The quantitative estimate of drug-likeness (QED) is 0.579. The highest BCUT2D eigenvalue weighted by molar-refractivity contribution is 5.81. The number of aliphatic hydroxyl groups excluding tert-OH is 2. The highest BCUT2D eigenvalue weighted by Crippen LogP contribution is 2.31. The van der Waals surface area contributed by atoms with Gasteiger partial charge in [0.25, 0.3) is 0 Å². The van der Waals surface area contributed by atoms with Crippen LogP contribution in [0.5, 0.6) is 0 Å². The Bertz CT molecular complexity index is 633. The standard InChI is InChI=1S/C10H12FN5O3/c1-3-5(17)6(18)9(19-3)16-2-13-4-7(12)14-10(11)15-8(4)16/h2-3,5-6,9,17-18H,1H3,(H2,12,14,15)/t3-,5-,6+,9-/m1/s1. The number of aliphatic hydroxyl groups is 2. The Balaban J connectivity index is 2.11. The van der Waals surface area contributed by atoms with Crippen LogP contribution in [0.4, 0.5) is 10.2 Å². The van der Waals surface area contributed by atoms with Crippen molar-refractivity contribution < 1.29 is 19.3 Å². The lowest BCUT2D eigenvalue weighted by molar-refractivity contribution is -0.0300. The molecule has 4 atom stereocenters. The zero-order chi connectivity index (χ0) is 13.7. The molecule has 1 saturated heterocycles. The monoisotopic (exact) mass is 269 g/mol. The number of aromatic nitrogens is 4. The van der Waals surface area contributed by atoms with Crippen molar-refractivity contribution in [2.45, 2.75) is 31.5 Å². The fourth-order valence-electron chi connectivity index (χ4n) is 2.15. The van der Waals surface area contributed by atoms with E-state index in [1.165, 1.54) is 10.9 Å². The van der Waals surface area contributed by atoms with Crippen LogP contribution in [0.3, 0.4) is 0 Å². The number of fused-ring (bicyclic) bond motifs is 1. The van der Waals surface area contributed by atoms with Gasteiger partial charge in [0.15, 0.2) is 23.2 Å². The van der Waals surface area contributed by atoms with E-state index in [2.05, 4.69) is 15.0 Å². The fourth-order valence-corrected chi connectivity index (χ4v) is 2.15. The molecule has 0 unspecified atom stereocenters. The lowest BCUT2D eigenvalue weighted by atomic mass is 10.1. The van der Waals surface area contributed by atoms with Gasteiger partial charge in [0.05, 0.1) is 12.4 Å². The summed E-state index contributed by atoms with van der Waals surface area (Å²) in [5.41, 5.74) is 5.86. The number of hydrogen-bond donors (Lipinski definition) is 3. The molecule has 0 amide bonds. The molecule has 0 aliphatic carbocycles. The van der Waals surface area contributed by atoms with Crippen molar-refractivity contribution in [3.8, 4) is 0 Å². The van der Waals surface area contributed by atoms with Crippen molar-refractivity contribution in [3.63, 3.8) is 0 Å². The van der Waals surface area contributed by atoms with Crippen LogP contribution in [0.25, 0.3) is 11.2 Å². The van der Waals surface area contributed by atoms with E-state index in [1.807, 2.05) is 0 Å². The van der Waals surface area contributed by atoms with E-state index in [0.717, 1.165) is 0 Å². The third-order valence-electron chi connectivity index (χ3n) is 3.17. The van der Waals surface area contributed by atoms with E-state index >= 15 is 0 Å². The van der Waals surface area contributed by atoms with Crippen LogP contribution in [-0.4, -0.2) is 48.0 Å². The Labute approximate surface area is 106 Å². The Kier molecular flexibility index (Phi) is 2.62. The second-order valence-corrected chi connectivity index (χ2v) is 4.41. The Morgan fingerprint density at radius 2 is 2.11 bits per heavy atom. The first kappa shape index (κ1) is 12.2. The predicted octanol–water partition coefficient (Wildman–Crippen LogP) is -0.813. The maximum atomic E-state index is 13.2. The molecule has 0 aromatic carbocycles. The molecule has 19 heavy (non-hydrogen) atoms. The zero-order valence-corrected chi connectivity index (χ0v) is 9.93. The highest BCUT2D eigenvalue weighted by Gasteiger charge is 2.42. The number of nitrogens with two attached hydrogens (primary N) is 1. The summed E-state index contributed by atoms with van der Waals surface area (Å²) in [5, 5.41) is 19.6. The normalized spacial score (nSPS) is 31.2. The summed E-state index contributed by atoms with van der Waals surface area (Å²) in [4.78, 5) is 10.9. The van der Waals surface area contributed by atoms with Gasteiger partial charge in [0.1, 0.15) is 12.2 Å². The van der Waals surface area contributed by atoms with Gasteiger partial charge in [-0.25, -0.2) is 4.98 Å². The van der Waals surface area contributed by atoms with Gasteiger partial charge >= 0.3 is 6.08 Å². The molecule has 3 heterocycles. The van der Waals surface area contributed by atoms with Gasteiger partial charge in [-0.3, -0.25) is 4.57 Å². The second-order valence-electron chi connectivity index (χ2n) is 4.41. The average Bonchev–Trinajstić information content (AvgIpc) is 2.86. The summed E-state index contributed by atoms with van der Waals surface area (Å²) in [6.45, 7) is 1.62. The van der Waals surface area contributed by atoms with Crippen molar-refractivity contribution in [2.24, 2.45) is 0 Å². The third-order valence-corrected chi connectivity index (χ3v) is 3.17. The Morgan fingerprint density at radius 1 is 1.37 bits per heavy atom. The molecule has 0 bridgehead atoms. The van der Waals surface area contributed by atoms with E-state index in [4.69, 9.17) is 10.5 Å².